The Morgan fingerprint density at radius 3 is 2.39 bits per heavy atom. The number of thioether (sulfide) groups is 1. The average Bonchev–Trinajstić information content (AvgIpc) is 3.34. The normalized spacial score (nSPS) is 11.9. The second-order valence-corrected chi connectivity index (χ2v) is 10.5. The van der Waals surface area contributed by atoms with Crippen LogP contribution in [-0.2, 0) is 9.59 Å². The first-order chi connectivity index (χ1) is 18.4. The molecule has 2 aromatic carbocycles. The predicted molar refractivity (Wildman–Crippen MR) is 152 cm³/mol. The van der Waals surface area contributed by atoms with Crippen LogP contribution in [0.1, 0.15) is 28.5 Å². The number of pyridine rings is 1. The lowest BCUT2D eigenvalue weighted by Crippen LogP contribution is -2.30. The second-order valence-electron chi connectivity index (χ2n) is 8.19. The zero-order valence-electron chi connectivity index (χ0n) is 20.7. The molecule has 2 aromatic heterocycles. The number of nitrogens with zero attached hydrogens (tertiary/aromatic N) is 2. The summed E-state index contributed by atoms with van der Waals surface area (Å²) in [5, 5.41) is 10.5. The van der Waals surface area contributed by atoms with Gasteiger partial charge in [0.2, 0.25) is 5.91 Å². The van der Waals surface area contributed by atoms with Crippen molar-refractivity contribution in [2.75, 3.05) is 10.6 Å². The van der Waals surface area contributed by atoms with Crippen LogP contribution in [0, 0.1) is 6.92 Å². The third kappa shape index (κ3) is 7.61. The number of hydrogen-bond acceptors (Lipinski definition) is 7. The van der Waals surface area contributed by atoms with Gasteiger partial charge in [-0.2, -0.15) is 0 Å². The Labute approximate surface area is 228 Å². The summed E-state index contributed by atoms with van der Waals surface area (Å²) in [6.45, 7) is 3.70. The molecule has 4 aromatic rings. The lowest BCUT2D eigenvalue weighted by Gasteiger charge is -2.13. The summed E-state index contributed by atoms with van der Waals surface area (Å²) in [5.74, 6) is -1.02. The van der Waals surface area contributed by atoms with Crippen LogP contribution in [0.15, 0.2) is 95.1 Å². The van der Waals surface area contributed by atoms with Crippen molar-refractivity contribution in [1.82, 2.24) is 15.3 Å². The van der Waals surface area contributed by atoms with Crippen LogP contribution in [0.2, 0.25) is 0 Å². The fourth-order valence-corrected chi connectivity index (χ4v) is 4.82. The Kier molecular flexibility index (Phi) is 9.02. The second kappa shape index (κ2) is 12.8. The van der Waals surface area contributed by atoms with Gasteiger partial charge in [-0.15, -0.1) is 23.1 Å². The van der Waals surface area contributed by atoms with Crippen molar-refractivity contribution >= 4 is 57.7 Å². The minimum Gasteiger partial charge on any atom is -0.321 e. The summed E-state index contributed by atoms with van der Waals surface area (Å²) in [6, 6.07) is 19.3. The van der Waals surface area contributed by atoms with E-state index in [-0.39, 0.29) is 16.9 Å². The van der Waals surface area contributed by atoms with Gasteiger partial charge in [-0.1, -0.05) is 24.3 Å². The quantitative estimate of drug-likeness (QED) is 0.193. The molecule has 192 valence electrons. The number of rotatable bonds is 9. The van der Waals surface area contributed by atoms with Gasteiger partial charge in [-0.05, 0) is 68.0 Å². The maximum absolute atomic E-state index is 13.1. The van der Waals surface area contributed by atoms with E-state index in [2.05, 4.69) is 25.9 Å². The van der Waals surface area contributed by atoms with Crippen LogP contribution in [0.25, 0.3) is 6.08 Å². The fourth-order valence-electron chi connectivity index (χ4n) is 3.26. The summed E-state index contributed by atoms with van der Waals surface area (Å²) in [5.41, 5.74) is 2.58. The smallest absolute Gasteiger partial charge is 0.272 e. The van der Waals surface area contributed by atoms with E-state index in [1.807, 2.05) is 37.4 Å². The molecule has 0 bridgehead atoms. The molecule has 1 unspecified atom stereocenters. The summed E-state index contributed by atoms with van der Waals surface area (Å²) >= 11 is 2.78. The first kappa shape index (κ1) is 26.8. The third-order valence-electron chi connectivity index (χ3n) is 5.17. The number of carbonyl (C=O) groups excluding carboxylic acids is 3. The highest BCUT2D eigenvalue weighted by atomic mass is 32.2. The van der Waals surface area contributed by atoms with Gasteiger partial charge in [0.05, 0.1) is 10.9 Å². The SMILES string of the molecule is Cc1csc(NC(=O)C(C)Sc2ccc(NC(=O)/C(=C/c3cccnc3)NC(=O)c3ccccc3)cc2)n1. The lowest BCUT2D eigenvalue weighted by molar-refractivity contribution is -0.115. The molecule has 0 spiro atoms. The highest BCUT2D eigenvalue weighted by Gasteiger charge is 2.17. The van der Waals surface area contributed by atoms with Gasteiger partial charge in [-0.3, -0.25) is 19.4 Å². The van der Waals surface area contributed by atoms with Crippen LogP contribution in [0.4, 0.5) is 10.8 Å². The van der Waals surface area contributed by atoms with Crippen molar-refractivity contribution in [1.29, 1.82) is 0 Å². The molecule has 0 aliphatic heterocycles. The fraction of sp³-hybridized carbons (Fsp3) is 0.107. The van der Waals surface area contributed by atoms with Crippen molar-refractivity contribution < 1.29 is 14.4 Å². The summed E-state index contributed by atoms with van der Waals surface area (Å²) in [4.78, 5) is 47.5. The molecule has 8 nitrogen and oxygen atoms in total. The van der Waals surface area contributed by atoms with E-state index in [0.717, 1.165) is 10.6 Å². The Balaban J connectivity index is 1.41. The molecular weight excluding hydrogens is 518 g/mol. The van der Waals surface area contributed by atoms with Gasteiger partial charge in [0.25, 0.3) is 11.8 Å². The maximum Gasteiger partial charge on any atom is 0.272 e. The van der Waals surface area contributed by atoms with Gasteiger partial charge in [0.1, 0.15) is 5.70 Å². The highest BCUT2D eigenvalue weighted by Crippen LogP contribution is 2.26. The van der Waals surface area contributed by atoms with Gasteiger partial charge in [0, 0.05) is 33.9 Å². The molecule has 0 saturated heterocycles. The van der Waals surface area contributed by atoms with Gasteiger partial charge in [0.15, 0.2) is 5.13 Å². The number of nitrogens with one attached hydrogen (secondary N) is 3. The number of aryl methyl sites for hydroxylation is 1. The van der Waals surface area contributed by atoms with Crippen LogP contribution < -0.4 is 16.0 Å². The van der Waals surface area contributed by atoms with Crippen LogP contribution >= 0.6 is 23.1 Å². The van der Waals surface area contributed by atoms with Gasteiger partial charge in [-0.25, -0.2) is 4.98 Å². The molecule has 38 heavy (non-hydrogen) atoms. The highest BCUT2D eigenvalue weighted by molar-refractivity contribution is 8.00. The first-order valence-corrected chi connectivity index (χ1v) is 13.4. The molecule has 0 saturated carbocycles. The lowest BCUT2D eigenvalue weighted by atomic mass is 10.2. The van der Waals surface area contributed by atoms with E-state index in [4.69, 9.17) is 0 Å². The van der Waals surface area contributed by atoms with Crippen molar-refractivity contribution in [3.05, 3.63) is 107 Å². The third-order valence-corrected chi connectivity index (χ3v) is 7.16. The molecule has 0 aliphatic rings. The van der Waals surface area contributed by atoms with Crippen LogP contribution in [-0.4, -0.2) is 32.9 Å². The van der Waals surface area contributed by atoms with E-state index in [0.29, 0.717) is 21.9 Å². The molecule has 3 N–H and O–H groups in total. The van der Waals surface area contributed by atoms with Crippen molar-refractivity contribution in [3.8, 4) is 0 Å². The summed E-state index contributed by atoms with van der Waals surface area (Å²) in [7, 11) is 0. The molecule has 3 amide bonds. The molecule has 0 fully saturated rings. The van der Waals surface area contributed by atoms with E-state index in [1.165, 1.54) is 23.1 Å². The number of aromatic nitrogens is 2. The van der Waals surface area contributed by atoms with Gasteiger partial charge >= 0.3 is 0 Å². The molecular formula is C28H25N5O3S2. The standard InChI is InChI=1S/C28H25N5O3S2/c1-18-17-37-28(30-18)33-25(34)19(2)38-23-12-10-22(11-13-23)31-27(36)24(15-20-7-6-14-29-16-20)32-26(35)21-8-4-3-5-9-21/h3-17,19H,1-2H3,(H,31,36)(H,32,35)(H,30,33,34)/b24-15-. The molecule has 1 atom stereocenters. The van der Waals surface area contributed by atoms with Crippen molar-refractivity contribution in [2.45, 2.75) is 24.0 Å². The average molecular weight is 544 g/mol. The molecule has 0 aliphatic carbocycles. The molecule has 0 radical (unpaired) electrons. The molecule has 10 heteroatoms. The zero-order chi connectivity index (χ0) is 26.9. The van der Waals surface area contributed by atoms with E-state index in [9.17, 15) is 14.4 Å². The molecule has 4 rings (SSSR count). The summed E-state index contributed by atoms with van der Waals surface area (Å²) in [6.07, 6.45) is 4.79. The minimum atomic E-state index is -0.481. The maximum atomic E-state index is 13.1. The van der Waals surface area contributed by atoms with Crippen molar-refractivity contribution in [2.24, 2.45) is 0 Å². The number of carbonyl (C=O) groups is 3. The monoisotopic (exact) mass is 543 g/mol. The number of anilines is 2. The number of hydrogen-bond donors (Lipinski definition) is 3. The van der Waals surface area contributed by atoms with Crippen LogP contribution in [0.5, 0.6) is 0 Å². The Hall–Kier alpha value is -4.28. The van der Waals surface area contributed by atoms with E-state index in [1.54, 1.807) is 67.0 Å². The van der Waals surface area contributed by atoms with Crippen molar-refractivity contribution in [3.63, 3.8) is 0 Å². The number of thiazole rings is 1. The van der Waals surface area contributed by atoms with E-state index >= 15 is 0 Å². The largest absolute Gasteiger partial charge is 0.321 e. The van der Waals surface area contributed by atoms with Crippen LogP contribution in [0.3, 0.4) is 0 Å². The topological polar surface area (TPSA) is 113 Å². The Morgan fingerprint density at radius 2 is 1.74 bits per heavy atom. The zero-order valence-corrected chi connectivity index (χ0v) is 22.3. The molecule has 2 heterocycles. The first-order valence-electron chi connectivity index (χ1n) is 11.7. The Bertz CT molecular complexity index is 1440. The predicted octanol–water partition coefficient (Wildman–Crippen LogP) is 5.38. The summed E-state index contributed by atoms with van der Waals surface area (Å²) < 4.78 is 0. The van der Waals surface area contributed by atoms with Gasteiger partial charge < -0.3 is 16.0 Å². The van der Waals surface area contributed by atoms with E-state index < -0.39 is 11.8 Å². The number of amides is 3. The minimum absolute atomic E-state index is 0.0769. The number of benzene rings is 2. The Morgan fingerprint density at radius 1 is 0.974 bits per heavy atom.